The Bertz CT molecular complexity index is 346. The van der Waals surface area contributed by atoms with E-state index in [2.05, 4.69) is 18.2 Å². The van der Waals surface area contributed by atoms with Gasteiger partial charge >= 0.3 is 0 Å². The van der Waals surface area contributed by atoms with Gasteiger partial charge < -0.3 is 4.90 Å². The summed E-state index contributed by atoms with van der Waals surface area (Å²) >= 11 is 0. The number of carbonyl (C=O) groups excluding carboxylic acids is 1. The van der Waals surface area contributed by atoms with E-state index in [4.69, 9.17) is 0 Å². The maximum Gasteiger partial charge on any atom is 0.222 e. The van der Waals surface area contributed by atoms with Crippen molar-refractivity contribution in [2.24, 2.45) is 0 Å². The Labute approximate surface area is 84.5 Å². The molecular weight excluding hydrogens is 173 g/mol. The molecule has 2 rings (SSSR count). The molecule has 0 aliphatic carbocycles. The highest BCUT2D eigenvalue weighted by Gasteiger charge is 2.18. The van der Waals surface area contributed by atoms with Crippen LogP contribution in [0.1, 0.15) is 24.5 Å². The second-order valence-corrected chi connectivity index (χ2v) is 3.69. The number of carbonyl (C=O) groups is 1. The molecule has 1 aliphatic heterocycles. The highest BCUT2D eigenvalue weighted by molar-refractivity contribution is 5.76. The Morgan fingerprint density at radius 2 is 2.07 bits per heavy atom. The summed E-state index contributed by atoms with van der Waals surface area (Å²) in [6, 6.07) is 8.38. The van der Waals surface area contributed by atoms with E-state index in [-0.39, 0.29) is 5.91 Å². The topological polar surface area (TPSA) is 20.3 Å². The smallest absolute Gasteiger partial charge is 0.222 e. The van der Waals surface area contributed by atoms with Gasteiger partial charge in [0.25, 0.3) is 0 Å². The molecular formula is C12H15NO. The molecule has 1 aromatic carbocycles. The summed E-state index contributed by atoms with van der Waals surface area (Å²) in [5.41, 5.74) is 2.70. The third-order valence-electron chi connectivity index (χ3n) is 2.79. The summed E-state index contributed by atoms with van der Waals surface area (Å²) in [4.78, 5) is 13.4. The molecule has 74 valence electrons. The number of amides is 1. The summed E-state index contributed by atoms with van der Waals surface area (Å²) in [6.45, 7) is 3.59. The second-order valence-electron chi connectivity index (χ2n) is 3.69. The Kier molecular flexibility index (Phi) is 2.53. The molecule has 1 amide bonds. The van der Waals surface area contributed by atoms with Crippen molar-refractivity contribution in [3.63, 3.8) is 0 Å². The van der Waals surface area contributed by atoms with Crippen LogP contribution in [-0.4, -0.2) is 17.4 Å². The number of rotatable bonds is 1. The zero-order valence-electron chi connectivity index (χ0n) is 8.49. The van der Waals surface area contributed by atoms with E-state index >= 15 is 0 Å². The van der Waals surface area contributed by atoms with Crippen LogP contribution in [0.25, 0.3) is 0 Å². The zero-order chi connectivity index (χ0) is 9.97. The molecule has 0 saturated heterocycles. The lowest BCUT2D eigenvalue weighted by molar-refractivity contribution is -0.131. The van der Waals surface area contributed by atoms with Crippen molar-refractivity contribution in [3.05, 3.63) is 35.4 Å². The fourth-order valence-corrected chi connectivity index (χ4v) is 1.93. The molecule has 0 unspecified atom stereocenters. The monoisotopic (exact) mass is 188 g/mol. The van der Waals surface area contributed by atoms with Gasteiger partial charge in [0.2, 0.25) is 5.91 Å². The third-order valence-corrected chi connectivity index (χ3v) is 2.79. The lowest BCUT2D eigenvalue weighted by Gasteiger charge is -2.28. The van der Waals surface area contributed by atoms with E-state index in [1.165, 1.54) is 11.1 Å². The summed E-state index contributed by atoms with van der Waals surface area (Å²) in [7, 11) is 0. The minimum atomic E-state index is 0.263. The van der Waals surface area contributed by atoms with Crippen molar-refractivity contribution in [1.82, 2.24) is 4.90 Å². The van der Waals surface area contributed by atoms with E-state index in [1.807, 2.05) is 17.9 Å². The normalized spacial score (nSPS) is 15.1. The first kappa shape index (κ1) is 9.25. The number of nitrogens with zero attached hydrogens (tertiary/aromatic N) is 1. The lowest BCUT2D eigenvalue weighted by Crippen LogP contribution is -2.35. The molecule has 1 aromatic rings. The number of hydrogen-bond donors (Lipinski definition) is 0. The highest BCUT2D eigenvalue weighted by atomic mass is 16.1. The summed E-state index contributed by atoms with van der Waals surface area (Å²) in [5, 5.41) is 0. The van der Waals surface area contributed by atoms with Crippen molar-refractivity contribution in [3.8, 4) is 0 Å². The van der Waals surface area contributed by atoms with Crippen LogP contribution < -0.4 is 0 Å². The predicted molar refractivity (Wildman–Crippen MR) is 55.9 cm³/mol. The van der Waals surface area contributed by atoms with Crippen molar-refractivity contribution >= 4 is 5.91 Å². The molecule has 2 heteroatoms. The van der Waals surface area contributed by atoms with Gasteiger partial charge in [0.05, 0.1) is 0 Å². The number of benzene rings is 1. The minimum absolute atomic E-state index is 0.263. The van der Waals surface area contributed by atoms with Crippen LogP contribution >= 0.6 is 0 Å². The van der Waals surface area contributed by atoms with Crippen LogP contribution in [0.3, 0.4) is 0 Å². The second kappa shape index (κ2) is 3.82. The van der Waals surface area contributed by atoms with Gasteiger partial charge in [-0.3, -0.25) is 4.79 Å². The van der Waals surface area contributed by atoms with E-state index in [0.29, 0.717) is 6.42 Å². The molecule has 0 N–H and O–H groups in total. The fraction of sp³-hybridized carbons (Fsp3) is 0.417. The number of hydrogen-bond acceptors (Lipinski definition) is 1. The van der Waals surface area contributed by atoms with Gasteiger partial charge in [-0.05, 0) is 17.5 Å². The van der Waals surface area contributed by atoms with Crippen molar-refractivity contribution in [2.45, 2.75) is 26.3 Å². The fourth-order valence-electron chi connectivity index (χ4n) is 1.93. The average Bonchev–Trinajstić information content (AvgIpc) is 2.27. The van der Waals surface area contributed by atoms with Gasteiger partial charge in [0.15, 0.2) is 0 Å². The SMILES string of the molecule is CC[11C](=O)N1CCc2ccccc2C1. The molecule has 1 heterocycles. The van der Waals surface area contributed by atoms with Crippen LogP contribution in [0.5, 0.6) is 0 Å². The molecule has 0 atom stereocenters. The third kappa shape index (κ3) is 1.65. The van der Waals surface area contributed by atoms with Crippen molar-refractivity contribution in [1.29, 1.82) is 0 Å². The van der Waals surface area contributed by atoms with Gasteiger partial charge in [-0.2, -0.15) is 0 Å². The number of fused-ring (bicyclic) bond motifs is 1. The average molecular weight is 188 g/mol. The standard InChI is InChI=1S/C12H15NO/c1-2-12(14)13-8-7-10-5-3-4-6-11(10)9-13/h3-6H,2,7-9H2,1H3/i12-1. The molecule has 0 radical (unpaired) electrons. The molecule has 0 aromatic heterocycles. The first-order valence-electron chi connectivity index (χ1n) is 5.16. The maximum atomic E-state index is 11.5. The maximum absolute atomic E-state index is 11.5. The van der Waals surface area contributed by atoms with Crippen LogP contribution in [0.4, 0.5) is 0 Å². The van der Waals surface area contributed by atoms with E-state index in [9.17, 15) is 4.79 Å². The van der Waals surface area contributed by atoms with E-state index < -0.39 is 0 Å². The summed E-state index contributed by atoms with van der Waals surface area (Å²) in [6.07, 6.45) is 1.62. The van der Waals surface area contributed by atoms with Crippen LogP contribution in [0.2, 0.25) is 0 Å². The molecule has 14 heavy (non-hydrogen) atoms. The van der Waals surface area contributed by atoms with Crippen LogP contribution in [0, 0.1) is 0 Å². The Morgan fingerprint density at radius 3 is 2.79 bits per heavy atom. The zero-order valence-corrected chi connectivity index (χ0v) is 8.49. The minimum Gasteiger partial charge on any atom is -0.338 e. The predicted octanol–water partition coefficient (Wildman–Crippen LogP) is 1.98. The molecule has 1 aliphatic rings. The molecule has 0 spiro atoms. The lowest BCUT2D eigenvalue weighted by atomic mass is 9.89. The van der Waals surface area contributed by atoms with Gasteiger partial charge in [-0.15, -0.1) is 0 Å². The van der Waals surface area contributed by atoms with Crippen LogP contribution in [0.15, 0.2) is 24.3 Å². The van der Waals surface area contributed by atoms with Crippen molar-refractivity contribution < 1.29 is 4.79 Å². The van der Waals surface area contributed by atoms with Crippen molar-refractivity contribution in [2.75, 3.05) is 6.54 Å². The Balaban J connectivity index is 2.17. The van der Waals surface area contributed by atoms with Crippen LogP contribution in [-0.2, 0) is 17.8 Å². The summed E-state index contributed by atoms with van der Waals surface area (Å²) < 4.78 is 0. The molecule has 2 nitrogen and oxygen atoms in total. The largest absolute Gasteiger partial charge is 0.338 e. The Hall–Kier alpha value is -1.31. The molecule has 0 saturated carbocycles. The van der Waals surface area contributed by atoms with Gasteiger partial charge in [-0.25, -0.2) is 0 Å². The summed E-state index contributed by atoms with van der Waals surface area (Å²) in [5.74, 6) is 0.263. The molecule has 0 fully saturated rings. The van der Waals surface area contributed by atoms with Gasteiger partial charge in [0, 0.05) is 19.5 Å². The highest BCUT2D eigenvalue weighted by Crippen LogP contribution is 2.18. The first-order valence-corrected chi connectivity index (χ1v) is 5.16. The van der Waals surface area contributed by atoms with Gasteiger partial charge in [0.1, 0.15) is 0 Å². The quantitative estimate of drug-likeness (QED) is 0.660. The van der Waals surface area contributed by atoms with Gasteiger partial charge in [-0.1, -0.05) is 31.2 Å². The van der Waals surface area contributed by atoms with E-state index in [1.54, 1.807) is 0 Å². The first-order chi connectivity index (χ1) is 6.81. The Morgan fingerprint density at radius 1 is 1.36 bits per heavy atom. The van der Waals surface area contributed by atoms with E-state index in [0.717, 1.165) is 19.5 Å². The molecule has 0 bridgehead atoms.